The van der Waals surface area contributed by atoms with Gasteiger partial charge in [0.05, 0.1) is 5.52 Å². The van der Waals surface area contributed by atoms with Crippen LogP contribution in [0.3, 0.4) is 0 Å². The first-order chi connectivity index (χ1) is 14.9. The van der Waals surface area contributed by atoms with E-state index in [0.29, 0.717) is 5.25 Å². The Morgan fingerprint density at radius 1 is 0.633 bits per heavy atom. The molecule has 0 aliphatic heterocycles. The van der Waals surface area contributed by atoms with Gasteiger partial charge in [-0.25, -0.2) is 4.98 Å². The first-order valence-electron chi connectivity index (χ1n) is 11.7. The number of fused-ring (bicyclic) bond motifs is 1. The van der Waals surface area contributed by atoms with Crippen molar-refractivity contribution in [3.05, 3.63) is 54.6 Å². The lowest BCUT2D eigenvalue weighted by Crippen LogP contribution is -2.10. The molecular formula is C27H31NS2. The number of para-hydroxylation sites is 1. The van der Waals surface area contributed by atoms with E-state index in [-0.39, 0.29) is 0 Å². The van der Waals surface area contributed by atoms with Gasteiger partial charge in [0.1, 0.15) is 5.03 Å². The third-order valence-corrected chi connectivity index (χ3v) is 9.33. The number of aromatic nitrogens is 1. The Bertz CT molecular complexity index is 973. The summed E-state index contributed by atoms with van der Waals surface area (Å²) in [5, 5.41) is 4.03. The molecular weight excluding hydrogens is 402 g/mol. The average Bonchev–Trinajstić information content (AvgIpc) is 2.81. The summed E-state index contributed by atoms with van der Waals surface area (Å²) in [6, 6.07) is 19.8. The van der Waals surface area contributed by atoms with Crippen molar-refractivity contribution in [3.8, 4) is 11.1 Å². The molecule has 0 unspecified atom stereocenters. The van der Waals surface area contributed by atoms with Gasteiger partial charge in [0, 0.05) is 26.3 Å². The fourth-order valence-corrected chi connectivity index (χ4v) is 7.89. The SMILES string of the molecule is c1ccc(-c2c(SC3CCCCC3)nc3ccccc3c2SC2CCCCC2)cc1. The molecule has 2 aliphatic rings. The molecule has 2 fully saturated rings. The summed E-state index contributed by atoms with van der Waals surface area (Å²) in [5.41, 5.74) is 3.88. The van der Waals surface area contributed by atoms with Gasteiger partial charge in [-0.15, -0.1) is 23.5 Å². The summed E-state index contributed by atoms with van der Waals surface area (Å²) in [5.74, 6) is 0. The van der Waals surface area contributed by atoms with Gasteiger partial charge >= 0.3 is 0 Å². The summed E-state index contributed by atoms with van der Waals surface area (Å²) < 4.78 is 0. The van der Waals surface area contributed by atoms with Crippen LogP contribution in [-0.4, -0.2) is 15.5 Å². The zero-order valence-corrected chi connectivity index (χ0v) is 19.3. The number of pyridine rings is 1. The molecule has 2 saturated carbocycles. The first-order valence-corrected chi connectivity index (χ1v) is 13.5. The van der Waals surface area contributed by atoms with Crippen molar-refractivity contribution in [1.29, 1.82) is 0 Å². The number of rotatable bonds is 5. The highest BCUT2D eigenvalue weighted by Gasteiger charge is 2.24. The Labute approximate surface area is 189 Å². The Morgan fingerprint density at radius 2 is 1.23 bits per heavy atom. The zero-order valence-electron chi connectivity index (χ0n) is 17.7. The van der Waals surface area contributed by atoms with E-state index in [4.69, 9.17) is 4.98 Å². The highest BCUT2D eigenvalue weighted by Crippen LogP contribution is 2.47. The van der Waals surface area contributed by atoms with Gasteiger partial charge in [-0.05, 0) is 37.3 Å². The largest absolute Gasteiger partial charge is 0.241 e. The van der Waals surface area contributed by atoms with Crippen LogP contribution in [0.1, 0.15) is 64.2 Å². The van der Waals surface area contributed by atoms with Crippen molar-refractivity contribution in [2.45, 2.75) is 84.6 Å². The van der Waals surface area contributed by atoms with Crippen molar-refractivity contribution in [2.24, 2.45) is 0 Å². The second-order valence-corrected chi connectivity index (χ2v) is 11.4. The van der Waals surface area contributed by atoms with Gasteiger partial charge in [0.15, 0.2) is 0 Å². The van der Waals surface area contributed by atoms with Gasteiger partial charge in [-0.3, -0.25) is 0 Å². The average molecular weight is 434 g/mol. The second kappa shape index (κ2) is 9.78. The maximum absolute atomic E-state index is 5.25. The van der Waals surface area contributed by atoms with E-state index in [9.17, 15) is 0 Å². The van der Waals surface area contributed by atoms with Crippen LogP contribution in [0.5, 0.6) is 0 Å². The van der Waals surface area contributed by atoms with Crippen molar-refractivity contribution < 1.29 is 0 Å². The Hall–Kier alpha value is -1.45. The molecule has 30 heavy (non-hydrogen) atoms. The third kappa shape index (κ3) is 4.57. The van der Waals surface area contributed by atoms with E-state index in [2.05, 4.69) is 78.1 Å². The third-order valence-electron chi connectivity index (χ3n) is 6.54. The van der Waals surface area contributed by atoms with Crippen molar-refractivity contribution in [2.75, 3.05) is 0 Å². The lowest BCUT2D eigenvalue weighted by atomic mass is 10.0. The lowest BCUT2D eigenvalue weighted by Gasteiger charge is -2.26. The molecule has 0 amide bonds. The number of hydrogen-bond donors (Lipinski definition) is 0. The summed E-state index contributed by atoms with van der Waals surface area (Å²) >= 11 is 4.19. The van der Waals surface area contributed by atoms with Crippen LogP contribution in [0.4, 0.5) is 0 Å². The molecule has 2 aliphatic carbocycles. The predicted octanol–water partition coefficient (Wildman–Crippen LogP) is 8.75. The minimum Gasteiger partial charge on any atom is -0.241 e. The molecule has 1 nitrogen and oxygen atoms in total. The van der Waals surface area contributed by atoms with Crippen LogP contribution in [0.2, 0.25) is 0 Å². The topological polar surface area (TPSA) is 12.9 Å². The van der Waals surface area contributed by atoms with E-state index in [0.717, 1.165) is 10.8 Å². The first kappa shape index (κ1) is 20.5. The van der Waals surface area contributed by atoms with Crippen LogP contribution in [-0.2, 0) is 0 Å². The monoisotopic (exact) mass is 433 g/mol. The highest BCUT2D eigenvalue weighted by atomic mass is 32.2. The molecule has 5 rings (SSSR count). The Balaban J connectivity index is 1.64. The standard InChI is InChI=1S/C27H31NS2/c1-4-12-20(13-5-1)25-26(29-21-14-6-2-7-15-21)23-18-10-11-19-24(23)28-27(25)30-22-16-8-3-9-17-22/h1,4-5,10-13,18-19,21-22H,2-3,6-9,14-17H2. The van der Waals surface area contributed by atoms with Crippen LogP contribution in [0, 0.1) is 0 Å². The summed E-state index contributed by atoms with van der Waals surface area (Å²) in [4.78, 5) is 6.72. The number of hydrogen-bond acceptors (Lipinski definition) is 3. The molecule has 1 heterocycles. The number of thioether (sulfide) groups is 2. The maximum Gasteiger partial charge on any atom is 0.106 e. The van der Waals surface area contributed by atoms with Crippen LogP contribution in [0.15, 0.2) is 64.5 Å². The van der Waals surface area contributed by atoms with E-state index in [1.807, 2.05) is 0 Å². The minimum atomic E-state index is 0.711. The highest BCUT2D eigenvalue weighted by molar-refractivity contribution is 8.01. The smallest absolute Gasteiger partial charge is 0.106 e. The minimum absolute atomic E-state index is 0.711. The normalized spacial score (nSPS) is 18.7. The predicted molar refractivity (Wildman–Crippen MR) is 133 cm³/mol. The summed E-state index contributed by atoms with van der Waals surface area (Å²) in [6.07, 6.45) is 13.7. The molecule has 156 valence electrons. The zero-order chi connectivity index (χ0) is 20.2. The molecule has 3 heteroatoms. The van der Waals surface area contributed by atoms with Crippen molar-refractivity contribution in [1.82, 2.24) is 4.98 Å². The van der Waals surface area contributed by atoms with Crippen molar-refractivity contribution in [3.63, 3.8) is 0 Å². The second-order valence-electron chi connectivity index (χ2n) is 8.76. The fourth-order valence-electron chi connectivity index (χ4n) is 4.92. The molecule has 0 spiro atoms. The number of benzene rings is 2. The van der Waals surface area contributed by atoms with Gasteiger partial charge in [0.2, 0.25) is 0 Å². The van der Waals surface area contributed by atoms with Gasteiger partial charge in [-0.1, -0.05) is 87.1 Å². The van der Waals surface area contributed by atoms with Crippen LogP contribution < -0.4 is 0 Å². The fraction of sp³-hybridized carbons (Fsp3) is 0.444. The molecule has 1 aromatic heterocycles. The van der Waals surface area contributed by atoms with Gasteiger partial charge in [-0.2, -0.15) is 0 Å². The van der Waals surface area contributed by atoms with Gasteiger partial charge < -0.3 is 0 Å². The quantitative estimate of drug-likeness (QED) is 0.399. The van der Waals surface area contributed by atoms with Crippen LogP contribution in [0.25, 0.3) is 22.0 Å². The van der Waals surface area contributed by atoms with Gasteiger partial charge in [0.25, 0.3) is 0 Å². The Morgan fingerprint density at radius 3 is 1.93 bits per heavy atom. The molecule has 0 saturated heterocycles. The maximum atomic E-state index is 5.25. The van der Waals surface area contributed by atoms with E-state index < -0.39 is 0 Å². The molecule has 0 N–H and O–H groups in total. The van der Waals surface area contributed by atoms with E-state index >= 15 is 0 Å². The summed E-state index contributed by atoms with van der Waals surface area (Å²) in [7, 11) is 0. The van der Waals surface area contributed by atoms with Crippen molar-refractivity contribution >= 4 is 34.4 Å². The lowest BCUT2D eigenvalue weighted by molar-refractivity contribution is 0.515. The molecule has 0 radical (unpaired) electrons. The summed E-state index contributed by atoms with van der Waals surface area (Å²) in [6.45, 7) is 0. The van der Waals surface area contributed by atoms with E-state index in [1.54, 1.807) is 0 Å². The molecule has 0 atom stereocenters. The van der Waals surface area contributed by atoms with E-state index in [1.165, 1.54) is 90.6 Å². The Kier molecular flexibility index (Phi) is 6.67. The number of nitrogens with zero attached hydrogens (tertiary/aromatic N) is 1. The molecule has 3 aromatic rings. The molecule has 0 bridgehead atoms. The van der Waals surface area contributed by atoms with Crippen LogP contribution >= 0.6 is 23.5 Å². The molecule has 2 aromatic carbocycles.